The lowest BCUT2D eigenvalue weighted by molar-refractivity contribution is -0.0502. The van der Waals surface area contributed by atoms with Crippen molar-refractivity contribution in [1.29, 1.82) is 0 Å². The lowest BCUT2D eigenvalue weighted by atomic mass is 10.1. The van der Waals surface area contributed by atoms with Gasteiger partial charge >= 0.3 is 6.61 Å². The number of para-hydroxylation sites is 1. The molecule has 0 aromatic heterocycles. The highest BCUT2D eigenvalue weighted by molar-refractivity contribution is 5.96. The summed E-state index contributed by atoms with van der Waals surface area (Å²) >= 11 is 0. The van der Waals surface area contributed by atoms with Crippen LogP contribution in [0.4, 0.5) is 8.78 Å². The topological polar surface area (TPSA) is 29.5 Å². The smallest absolute Gasteiger partial charge is 0.387 e. The molecule has 0 N–H and O–H groups in total. The first-order valence-electron chi connectivity index (χ1n) is 7.49. The first-order valence-corrected chi connectivity index (χ1v) is 7.49. The molecule has 0 bridgehead atoms. The number of amides is 1. The summed E-state index contributed by atoms with van der Waals surface area (Å²) in [5.41, 5.74) is 1.28. The number of ether oxygens (including phenoxy) is 1. The van der Waals surface area contributed by atoms with Gasteiger partial charge in [0.2, 0.25) is 0 Å². The van der Waals surface area contributed by atoms with E-state index < -0.39 is 6.61 Å². The van der Waals surface area contributed by atoms with E-state index in [9.17, 15) is 13.6 Å². The van der Waals surface area contributed by atoms with Crippen molar-refractivity contribution in [3.8, 4) is 5.75 Å². The van der Waals surface area contributed by atoms with Crippen LogP contribution >= 0.6 is 0 Å². The molecule has 122 valence electrons. The van der Waals surface area contributed by atoms with Gasteiger partial charge in [0, 0.05) is 13.1 Å². The molecule has 0 saturated heterocycles. The number of alkyl halides is 2. The second-order valence-electron chi connectivity index (χ2n) is 5.00. The lowest BCUT2D eigenvalue weighted by Crippen LogP contribution is -2.33. The van der Waals surface area contributed by atoms with Crippen LogP contribution in [0.1, 0.15) is 22.8 Å². The Morgan fingerprint density at radius 1 is 1.09 bits per heavy atom. The molecule has 0 fully saturated rings. The molecule has 0 aliphatic rings. The number of benzene rings is 2. The predicted octanol–water partition coefficient (Wildman–Crippen LogP) is 3.99. The van der Waals surface area contributed by atoms with Gasteiger partial charge in [-0.3, -0.25) is 4.79 Å². The van der Waals surface area contributed by atoms with E-state index in [1.165, 1.54) is 12.1 Å². The fraction of sp³-hybridized carbons (Fsp3) is 0.278. The Hall–Kier alpha value is -2.43. The van der Waals surface area contributed by atoms with Crippen molar-refractivity contribution in [1.82, 2.24) is 4.90 Å². The van der Waals surface area contributed by atoms with E-state index >= 15 is 0 Å². The standard InChI is InChI=1S/C18H19F2NO2/c1-2-21(13-12-14-8-4-3-5-9-14)17(22)15-10-6-7-11-16(15)23-18(19)20/h3-11,18H,2,12-13H2,1H3. The van der Waals surface area contributed by atoms with Crippen molar-refractivity contribution in [3.05, 3.63) is 65.7 Å². The Kier molecular flexibility index (Phi) is 6.09. The lowest BCUT2D eigenvalue weighted by Gasteiger charge is -2.22. The number of halogens is 2. The van der Waals surface area contributed by atoms with Crippen LogP contribution in [0.5, 0.6) is 5.75 Å². The fourth-order valence-electron chi connectivity index (χ4n) is 2.32. The molecule has 0 saturated carbocycles. The molecule has 23 heavy (non-hydrogen) atoms. The molecule has 0 atom stereocenters. The molecule has 2 aromatic rings. The summed E-state index contributed by atoms with van der Waals surface area (Å²) < 4.78 is 29.4. The third kappa shape index (κ3) is 4.77. The van der Waals surface area contributed by atoms with Crippen molar-refractivity contribution in [2.45, 2.75) is 20.0 Å². The highest BCUT2D eigenvalue weighted by atomic mass is 19.3. The number of nitrogens with zero attached hydrogens (tertiary/aromatic N) is 1. The molecule has 0 heterocycles. The van der Waals surface area contributed by atoms with Crippen molar-refractivity contribution >= 4 is 5.91 Å². The largest absolute Gasteiger partial charge is 0.434 e. The van der Waals surface area contributed by atoms with Crippen molar-refractivity contribution in [3.63, 3.8) is 0 Å². The number of hydrogen-bond acceptors (Lipinski definition) is 2. The minimum absolute atomic E-state index is 0.0920. The maximum atomic E-state index is 12.6. The Morgan fingerprint density at radius 3 is 2.39 bits per heavy atom. The molecular weight excluding hydrogens is 300 g/mol. The molecule has 0 aliphatic heterocycles. The molecule has 0 aliphatic carbocycles. The Balaban J connectivity index is 2.10. The van der Waals surface area contributed by atoms with Gasteiger partial charge in [-0.2, -0.15) is 8.78 Å². The minimum Gasteiger partial charge on any atom is -0.434 e. The van der Waals surface area contributed by atoms with E-state index in [1.807, 2.05) is 37.3 Å². The van der Waals surface area contributed by atoms with Gasteiger partial charge in [0.15, 0.2) is 0 Å². The molecule has 5 heteroatoms. The summed E-state index contributed by atoms with van der Waals surface area (Å²) in [5, 5.41) is 0. The van der Waals surface area contributed by atoms with Crippen molar-refractivity contribution < 1.29 is 18.3 Å². The molecular formula is C18H19F2NO2. The molecule has 0 spiro atoms. The van der Waals surface area contributed by atoms with Crippen molar-refractivity contribution in [2.24, 2.45) is 0 Å². The number of carbonyl (C=O) groups excluding carboxylic acids is 1. The third-order valence-electron chi connectivity index (χ3n) is 3.52. The van der Waals surface area contributed by atoms with Gasteiger partial charge in [0.25, 0.3) is 5.91 Å². The fourth-order valence-corrected chi connectivity index (χ4v) is 2.32. The van der Waals surface area contributed by atoms with Gasteiger partial charge in [0.1, 0.15) is 5.75 Å². The molecule has 2 aromatic carbocycles. The number of likely N-dealkylation sites (N-methyl/N-ethyl adjacent to an activating group) is 1. The first-order chi connectivity index (χ1) is 11.1. The third-order valence-corrected chi connectivity index (χ3v) is 3.52. The summed E-state index contributed by atoms with van der Waals surface area (Å²) in [6.45, 7) is -0.0837. The Labute approximate surface area is 134 Å². The van der Waals surface area contributed by atoms with E-state index in [0.29, 0.717) is 19.5 Å². The van der Waals surface area contributed by atoms with Gasteiger partial charge in [-0.25, -0.2) is 0 Å². The van der Waals surface area contributed by atoms with E-state index in [4.69, 9.17) is 0 Å². The minimum atomic E-state index is -2.96. The van der Waals surface area contributed by atoms with Gasteiger partial charge < -0.3 is 9.64 Å². The first kappa shape index (κ1) is 16.9. The van der Waals surface area contributed by atoms with Crippen LogP contribution in [0.2, 0.25) is 0 Å². The number of rotatable bonds is 7. The summed E-state index contributed by atoms with van der Waals surface area (Å²) in [6, 6.07) is 15.9. The average Bonchev–Trinajstić information content (AvgIpc) is 2.56. The normalized spacial score (nSPS) is 10.6. The average molecular weight is 319 g/mol. The Bertz CT molecular complexity index is 632. The zero-order chi connectivity index (χ0) is 16.7. The maximum Gasteiger partial charge on any atom is 0.387 e. The van der Waals surface area contributed by atoms with E-state index in [1.54, 1.807) is 17.0 Å². The van der Waals surface area contributed by atoms with Crippen LogP contribution in [0, 0.1) is 0 Å². The number of carbonyl (C=O) groups is 1. The number of hydrogen-bond donors (Lipinski definition) is 0. The predicted molar refractivity (Wildman–Crippen MR) is 84.8 cm³/mol. The van der Waals surface area contributed by atoms with Crippen LogP contribution in [-0.2, 0) is 6.42 Å². The zero-order valence-electron chi connectivity index (χ0n) is 12.9. The summed E-state index contributed by atoms with van der Waals surface area (Å²) in [6.07, 6.45) is 0.707. The second-order valence-corrected chi connectivity index (χ2v) is 5.00. The molecule has 3 nitrogen and oxygen atoms in total. The zero-order valence-corrected chi connectivity index (χ0v) is 12.9. The van der Waals surface area contributed by atoms with Crippen molar-refractivity contribution in [2.75, 3.05) is 13.1 Å². The second kappa shape index (κ2) is 8.27. The molecule has 0 unspecified atom stereocenters. The molecule has 0 radical (unpaired) electrons. The van der Waals surface area contributed by atoms with Crippen LogP contribution in [0.25, 0.3) is 0 Å². The van der Waals surface area contributed by atoms with Crippen LogP contribution in [0.15, 0.2) is 54.6 Å². The van der Waals surface area contributed by atoms with Crippen LogP contribution in [-0.4, -0.2) is 30.5 Å². The van der Waals surface area contributed by atoms with Gasteiger partial charge in [-0.05, 0) is 31.0 Å². The van der Waals surface area contributed by atoms with Crippen LogP contribution < -0.4 is 4.74 Å². The van der Waals surface area contributed by atoms with Gasteiger partial charge in [-0.1, -0.05) is 42.5 Å². The Morgan fingerprint density at radius 2 is 1.74 bits per heavy atom. The molecule has 1 amide bonds. The van der Waals surface area contributed by atoms with E-state index in [0.717, 1.165) is 5.56 Å². The molecule has 2 rings (SSSR count). The van der Waals surface area contributed by atoms with E-state index in [-0.39, 0.29) is 17.2 Å². The summed E-state index contributed by atoms with van der Waals surface area (Å²) in [7, 11) is 0. The highest BCUT2D eigenvalue weighted by Crippen LogP contribution is 2.22. The summed E-state index contributed by atoms with van der Waals surface area (Å²) in [4.78, 5) is 14.2. The maximum absolute atomic E-state index is 12.6. The van der Waals surface area contributed by atoms with Crippen LogP contribution in [0.3, 0.4) is 0 Å². The summed E-state index contributed by atoms with van der Waals surface area (Å²) in [5.74, 6) is -0.398. The highest BCUT2D eigenvalue weighted by Gasteiger charge is 2.19. The van der Waals surface area contributed by atoms with Gasteiger partial charge in [-0.15, -0.1) is 0 Å². The van der Waals surface area contributed by atoms with E-state index in [2.05, 4.69) is 4.74 Å². The SMILES string of the molecule is CCN(CCc1ccccc1)C(=O)c1ccccc1OC(F)F. The van der Waals surface area contributed by atoms with Gasteiger partial charge in [0.05, 0.1) is 5.56 Å². The monoisotopic (exact) mass is 319 g/mol. The quantitative estimate of drug-likeness (QED) is 0.772.